The Labute approximate surface area is 106 Å². The smallest absolute Gasteiger partial charge is 0.151 e. The highest BCUT2D eigenvalue weighted by Gasteiger charge is 2.29. The van der Waals surface area contributed by atoms with Crippen LogP contribution in [0.25, 0.3) is 0 Å². The fourth-order valence-corrected chi connectivity index (χ4v) is 4.62. The van der Waals surface area contributed by atoms with Gasteiger partial charge in [0.1, 0.15) is 5.82 Å². The normalized spacial score (nSPS) is 30.3. The predicted octanol–water partition coefficient (Wildman–Crippen LogP) is -0.471. The number of rotatable bonds is 2. The Morgan fingerprint density at radius 1 is 1.39 bits per heavy atom. The third-order valence-electron chi connectivity index (χ3n) is 3.75. The Morgan fingerprint density at radius 3 is 2.94 bits per heavy atom. The maximum absolute atomic E-state index is 11.4. The first-order chi connectivity index (χ1) is 8.52. The van der Waals surface area contributed by atoms with Crippen LogP contribution in [0.4, 0.5) is 0 Å². The molecule has 7 heteroatoms. The Kier molecular flexibility index (Phi) is 2.90. The molecule has 3 rings (SSSR count). The molecule has 2 aliphatic rings. The van der Waals surface area contributed by atoms with Crippen molar-refractivity contribution in [2.75, 3.05) is 11.5 Å². The Hall–Kier alpha value is -0.950. The molecule has 100 valence electrons. The van der Waals surface area contributed by atoms with Gasteiger partial charge in [0.15, 0.2) is 15.7 Å². The molecule has 0 aliphatic carbocycles. The maximum atomic E-state index is 11.4. The Morgan fingerprint density at radius 2 is 2.22 bits per heavy atom. The van der Waals surface area contributed by atoms with E-state index in [9.17, 15) is 8.42 Å². The summed E-state index contributed by atoms with van der Waals surface area (Å²) < 4.78 is 24.7. The lowest BCUT2D eigenvalue weighted by atomic mass is 10.1. The molecule has 0 saturated carbocycles. The van der Waals surface area contributed by atoms with E-state index in [2.05, 4.69) is 10.1 Å². The van der Waals surface area contributed by atoms with E-state index >= 15 is 0 Å². The van der Waals surface area contributed by atoms with Crippen molar-refractivity contribution in [1.29, 1.82) is 0 Å². The third kappa shape index (κ3) is 2.42. The molecular weight excluding hydrogens is 252 g/mol. The molecule has 1 saturated heterocycles. The molecule has 6 nitrogen and oxygen atoms in total. The minimum Gasteiger partial charge on any atom is -0.327 e. The van der Waals surface area contributed by atoms with Crippen LogP contribution in [0.3, 0.4) is 0 Å². The van der Waals surface area contributed by atoms with Gasteiger partial charge in [-0.25, -0.2) is 18.1 Å². The van der Waals surface area contributed by atoms with Crippen LogP contribution in [0, 0.1) is 5.92 Å². The van der Waals surface area contributed by atoms with Gasteiger partial charge in [0.05, 0.1) is 11.5 Å². The Balaban J connectivity index is 1.71. The van der Waals surface area contributed by atoms with Gasteiger partial charge in [-0.15, -0.1) is 0 Å². The average Bonchev–Trinajstić information content (AvgIpc) is 2.81. The van der Waals surface area contributed by atoms with Crippen LogP contribution in [0.2, 0.25) is 0 Å². The van der Waals surface area contributed by atoms with Crippen LogP contribution in [0.15, 0.2) is 0 Å². The van der Waals surface area contributed by atoms with Crippen molar-refractivity contribution in [2.45, 2.75) is 38.3 Å². The first-order valence-corrected chi connectivity index (χ1v) is 8.22. The van der Waals surface area contributed by atoms with Crippen LogP contribution < -0.4 is 5.73 Å². The number of sulfone groups is 1. The molecule has 1 aromatic heterocycles. The van der Waals surface area contributed by atoms with Crippen LogP contribution in [0.5, 0.6) is 0 Å². The molecule has 0 aromatic carbocycles. The molecule has 1 aromatic rings. The second kappa shape index (κ2) is 4.31. The quantitative estimate of drug-likeness (QED) is 0.784. The van der Waals surface area contributed by atoms with E-state index in [-0.39, 0.29) is 17.7 Å². The average molecular weight is 270 g/mol. The number of hydrogen-bond acceptors (Lipinski definition) is 5. The first-order valence-electron chi connectivity index (χ1n) is 6.40. The summed E-state index contributed by atoms with van der Waals surface area (Å²) in [7, 11) is -2.81. The number of fused-ring (bicyclic) bond motifs is 1. The van der Waals surface area contributed by atoms with Crippen LogP contribution in [-0.4, -0.2) is 40.7 Å². The van der Waals surface area contributed by atoms with Crippen molar-refractivity contribution in [1.82, 2.24) is 14.8 Å². The van der Waals surface area contributed by atoms with Gasteiger partial charge >= 0.3 is 0 Å². The lowest BCUT2D eigenvalue weighted by Gasteiger charge is -2.17. The minimum atomic E-state index is -2.81. The second-order valence-corrected chi connectivity index (χ2v) is 7.62. The molecule has 1 fully saturated rings. The predicted molar refractivity (Wildman–Crippen MR) is 66.8 cm³/mol. The van der Waals surface area contributed by atoms with Crippen molar-refractivity contribution in [2.24, 2.45) is 11.7 Å². The van der Waals surface area contributed by atoms with Gasteiger partial charge in [-0.1, -0.05) is 0 Å². The third-order valence-corrected chi connectivity index (χ3v) is 5.58. The van der Waals surface area contributed by atoms with Crippen molar-refractivity contribution in [3.8, 4) is 0 Å². The maximum Gasteiger partial charge on any atom is 0.151 e. The van der Waals surface area contributed by atoms with E-state index in [0.29, 0.717) is 12.2 Å². The summed E-state index contributed by atoms with van der Waals surface area (Å²) in [6.45, 7) is 0.826. The molecule has 0 radical (unpaired) electrons. The fourth-order valence-electron chi connectivity index (χ4n) is 2.76. The number of nitrogens with zero attached hydrogens (tertiary/aromatic N) is 3. The van der Waals surface area contributed by atoms with Crippen molar-refractivity contribution >= 4 is 9.84 Å². The molecule has 0 bridgehead atoms. The molecule has 0 spiro atoms. The van der Waals surface area contributed by atoms with E-state index in [1.165, 1.54) is 0 Å². The molecule has 2 atom stereocenters. The summed E-state index contributed by atoms with van der Waals surface area (Å²) in [5.74, 6) is 2.52. The summed E-state index contributed by atoms with van der Waals surface area (Å²) >= 11 is 0. The van der Waals surface area contributed by atoms with Gasteiger partial charge < -0.3 is 5.73 Å². The molecule has 2 unspecified atom stereocenters. The number of aromatic nitrogens is 3. The van der Waals surface area contributed by atoms with Crippen LogP contribution >= 0.6 is 0 Å². The van der Waals surface area contributed by atoms with Gasteiger partial charge in [-0.2, -0.15) is 5.10 Å². The van der Waals surface area contributed by atoms with E-state index in [0.717, 1.165) is 37.5 Å². The molecule has 2 N–H and O–H groups in total. The number of hydrogen-bond donors (Lipinski definition) is 1. The van der Waals surface area contributed by atoms with Gasteiger partial charge in [0.2, 0.25) is 0 Å². The highest BCUT2D eigenvalue weighted by molar-refractivity contribution is 7.91. The number of nitrogens with two attached hydrogens (primary N) is 1. The lowest BCUT2D eigenvalue weighted by molar-refractivity contribution is 0.431. The van der Waals surface area contributed by atoms with Gasteiger partial charge in [-0.3, -0.25) is 0 Å². The van der Waals surface area contributed by atoms with E-state index in [4.69, 9.17) is 5.73 Å². The zero-order valence-electron chi connectivity index (χ0n) is 10.2. The Bertz CT molecular complexity index is 551. The summed E-state index contributed by atoms with van der Waals surface area (Å²) in [6.07, 6.45) is 3.13. The van der Waals surface area contributed by atoms with Crippen LogP contribution in [-0.2, 0) is 29.2 Å². The SMILES string of the molecule is NC1CCn2nc(CC3CCS(=O)(=O)C3)nc2C1. The number of aryl methyl sites for hydroxylation is 1. The van der Waals surface area contributed by atoms with Gasteiger partial charge in [0.25, 0.3) is 0 Å². The van der Waals surface area contributed by atoms with Gasteiger partial charge in [0, 0.05) is 25.4 Å². The van der Waals surface area contributed by atoms with E-state index in [1.54, 1.807) is 0 Å². The molecule has 18 heavy (non-hydrogen) atoms. The second-order valence-electron chi connectivity index (χ2n) is 5.39. The van der Waals surface area contributed by atoms with Crippen molar-refractivity contribution < 1.29 is 8.42 Å². The lowest BCUT2D eigenvalue weighted by Crippen LogP contribution is -2.31. The highest BCUT2D eigenvalue weighted by Crippen LogP contribution is 2.22. The largest absolute Gasteiger partial charge is 0.327 e. The fraction of sp³-hybridized carbons (Fsp3) is 0.818. The van der Waals surface area contributed by atoms with Crippen molar-refractivity contribution in [3.63, 3.8) is 0 Å². The van der Waals surface area contributed by atoms with E-state index < -0.39 is 9.84 Å². The summed E-state index contributed by atoms with van der Waals surface area (Å²) in [4.78, 5) is 4.49. The van der Waals surface area contributed by atoms with E-state index in [1.807, 2.05) is 4.68 Å². The zero-order chi connectivity index (χ0) is 12.8. The highest BCUT2D eigenvalue weighted by atomic mass is 32.2. The summed E-state index contributed by atoms with van der Waals surface area (Å²) in [5, 5.41) is 4.45. The first kappa shape index (κ1) is 12.1. The van der Waals surface area contributed by atoms with Crippen LogP contribution in [0.1, 0.15) is 24.5 Å². The zero-order valence-corrected chi connectivity index (χ0v) is 11.1. The summed E-state index contributed by atoms with van der Waals surface area (Å²) in [5.41, 5.74) is 5.90. The van der Waals surface area contributed by atoms with Gasteiger partial charge in [-0.05, 0) is 18.8 Å². The summed E-state index contributed by atoms with van der Waals surface area (Å²) in [6, 6.07) is 0.182. The molecule has 2 aliphatic heterocycles. The van der Waals surface area contributed by atoms with Crippen molar-refractivity contribution in [3.05, 3.63) is 11.6 Å². The molecular formula is C11H18N4O2S. The standard InChI is InChI=1S/C11H18N4O2S/c12-9-1-3-15-11(6-9)13-10(14-15)5-8-2-4-18(16,17)7-8/h8-9H,1-7,12H2. The molecule has 0 amide bonds. The topological polar surface area (TPSA) is 90.9 Å². The minimum absolute atomic E-state index is 0.182. The molecule has 3 heterocycles. The monoisotopic (exact) mass is 270 g/mol.